The fourth-order valence-corrected chi connectivity index (χ4v) is 3.17. The van der Waals surface area contributed by atoms with Gasteiger partial charge in [0.25, 0.3) is 0 Å². The number of likely N-dealkylation sites (tertiary alicyclic amines) is 1. The molecule has 25 heavy (non-hydrogen) atoms. The molecule has 0 aliphatic carbocycles. The van der Waals surface area contributed by atoms with Crippen LogP contribution in [0.15, 0.2) is 36.8 Å². The fraction of sp³-hybridized carbons (Fsp3) is 0.412. The molecule has 3 N–H and O–H groups in total. The first-order valence-electron chi connectivity index (χ1n) is 8.35. The quantitative estimate of drug-likeness (QED) is 0.834. The standard InChI is InChI=1S/C17H22N6O2/c18-17(25)21-10-15(24)22-8-3-4-13(11-22)16-20-7-9-23(16)12-14-5-1-2-6-19-14/h1-2,5-7,9,13H,3-4,8,10-12H2,(H3,18,21,25)/t13-/m1/s1. The molecule has 0 bridgehead atoms. The zero-order valence-corrected chi connectivity index (χ0v) is 14.0. The molecule has 132 valence electrons. The normalized spacial score (nSPS) is 17.3. The lowest BCUT2D eigenvalue weighted by Crippen LogP contribution is -2.45. The van der Waals surface area contributed by atoms with Crippen molar-refractivity contribution in [2.45, 2.75) is 25.3 Å². The van der Waals surface area contributed by atoms with Crippen LogP contribution >= 0.6 is 0 Å². The average Bonchev–Trinajstić information content (AvgIpc) is 3.08. The number of hydrogen-bond acceptors (Lipinski definition) is 4. The number of nitrogens with zero attached hydrogens (tertiary/aromatic N) is 4. The summed E-state index contributed by atoms with van der Waals surface area (Å²) in [7, 11) is 0. The van der Waals surface area contributed by atoms with E-state index < -0.39 is 6.03 Å². The molecule has 0 unspecified atom stereocenters. The second-order valence-corrected chi connectivity index (χ2v) is 6.13. The molecule has 1 atom stereocenters. The molecule has 8 heteroatoms. The van der Waals surface area contributed by atoms with E-state index in [0.717, 1.165) is 24.4 Å². The monoisotopic (exact) mass is 342 g/mol. The Labute approximate surface area is 146 Å². The maximum Gasteiger partial charge on any atom is 0.312 e. The molecular formula is C17H22N6O2. The van der Waals surface area contributed by atoms with E-state index in [0.29, 0.717) is 19.6 Å². The van der Waals surface area contributed by atoms with Crippen LogP contribution in [0.2, 0.25) is 0 Å². The van der Waals surface area contributed by atoms with Gasteiger partial charge in [0.05, 0.1) is 18.8 Å². The minimum atomic E-state index is -0.687. The van der Waals surface area contributed by atoms with Crippen LogP contribution in [0.5, 0.6) is 0 Å². The minimum Gasteiger partial charge on any atom is -0.352 e. The van der Waals surface area contributed by atoms with Crippen LogP contribution in [0.4, 0.5) is 4.79 Å². The molecule has 0 aromatic carbocycles. The summed E-state index contributed by atoms with van der Waals surface area (Å²) in [6.07, 6.45) is 7.39. The number of pyridine rings is 1. The molecule has 0 spiro atoms. The summed E-state index contributed by atoms with van der Waals surface area (Å²) in [5, 5.41) is 2.35. The van der Waals surface area contributed by atoms with Gasteiger partial charge in [-0.05, 0) is 25.0 Å². The topological polar surface area (TPSA) is 106 Å². The molecule has 1 aliphatic rings. The number of urea groups is 1. The molecule has 0 radical (unpaired) electrons. The van der Waals surface area contributed by atoms with Gasteiger partial charge in [0.15, 0.2) is 0 Å². The highest BCUT2D eigenvalue weighted by molar-refractivity contribution is 5.83. The fourth-order valence-electron chi connectivity index (χ4n) is 3.17. The number of nitrogens with one attached hydrogen (secondary N) is 1. The summed E-state index contributed by atoms with van der Waals surface area (Å²) in [6, 6.07) is 5.15. The highest BCUT2D eigenvalue weighted by Crippen LogP contribution is 2.26. The van der Waals surface area contributed by atoms with E-state index in [1.54, 1.807) is 17.3 Å². The number of imidazole rings is 1. The zero-order chi connectivity index (χ0) is 17.6. The Morgan fingerprint density at radius 2 is 2.16 bits per heavy atom. The van der Waals surface area contributed by atoms with E-state index in [9.17, 15) is 9.59 Å². The van der Waals surface area contributed by atoms with Gasteiger partial charge in [0, 0.05) is 37.6 Å². The largest absolute Gasteiger partial charge is 0.352 e. The molecule has 8 nitrogen and oxygen atoms in total. The van der Waals surface area contributed by atoms with E-state index in [2.05, 4.69) is 19.9 Å². The van der Waals surface area contributed by atoms with Gasteiger partial charge in [-0.15, -0.1) is 0 Å². The molecule has 2 aromatic heterocycles. The highest BCUT2D eigenvalue weighted by atomic mass is 16.2. The third-order valence-corrected chi connectivity index (χ3v) is 4.36. The van der Waals surface area contributed by atoms with Crippen LogP contribution in [0.1, 0.15) is 30.3 Å². The Morgan fingerprint density at radius 3 is 2.92 bits per heavy atom. The molecule has 1 aliphatic heterocycles. The molecule has 2 aromatic rings. The lowest BCUT2D eigenvalue weighted by atomic mass is 9.97. The Kier molecular flexibility index (Phi) is 5.27. The molecule has 3 heterocycles. The van der Waals surface area contributed by atoms with E-state index in [1.807, 2.05) is 24.4 Å². The maximum absolute atomic E-state index is 12.2. The van der Waals surface area contributed by atoms with Gasteiger partial charge in [-0.1, -0.05) is 6.07 Å². The first kappa shape index (κ1) is 16.9. The van der Waals surface area contributed by atoms with Crippen LogP contribution in [0, 0.1) is 0 Å². The highest BCUT2D eigenvalue weighted by Gasteiger charge is 2.27. The van der Waals surface area contributed by atoms with Crippen molar-refractivity contribution in [2.24, 2.45) is 5.73 Å². The Morgan fingerprint density at radius 1 is 1.28 bits per heavy atom. The van der Waals surface area contributed by atoms with Crippen molar-refractivity contribution in [1.29, 1.82) is 0 Å². The first-order chi connectivity index (χ1) is 12.1. The van der Waals surface area contributed by atoms with Crippen molar-refractivity contribution in [1.82, 2.24) is 24.8 Å². The number of rotatable bonds is 5. The average molecular weight is 342 g/mol. The number of hydrogen-bond donors (Lipinski definition) is 2. The van der Waals surface area contributed by atoms with Gasteiger partial charge in [-0.3, -0.25) is 9.78 Å². The lowest BCUT2D eigenvalue weighted by molar-refractivity contribution is -0.131. The predicted molar refractivity (Wildman–Crippen MR) is 91.7 cm³/mol. The summed E-state index contributed by atoms with van der Waals surface area (Å²) >= 11 is 0. The van der Waals surface area contributed by atoms with Gasteiger partial charge < -0.3 is 20.5 Å². The number of piperidine rings is 1. The molecule has 1 saturated heterocycles. The number of carbonyl (C=O) groups is 2. The Hall–Kier alpha value is -2.90. The Bertz CT molecular complexity index is 730. The lowest BCUT2D eigenvalue weighted by Gasteiger charge is -2.32. The van der Waals surface area contributed by atoms with Crippen molar-refractivity contribution in [3.8, 4) is 0 Å². The second-order valence-electron chi connectivity index (χ2n) is 6.13. The van der Waals surface area contributed by atoms with E-state index >= 15 is 0 Å². The van der Waals surface area contributed by atoms with Gasteiger partial charge in [0.2, 0.25) is 5.91 Å². The molecule has 3 amide bonds. The second kappa shape index (κ2) is 7.78. The maximum atomic E-state index is 12.2. The van der Waals surface area contributed by atoms with Gasteiger partial charge in [-0.2, -0.15) is 0 Å². The van der Waals surface area contributed by atoms with Crippen LogP contribution in [-0.4, -0.2) is 51.0 Å². The van der Waals surface area contributed by atoms with Gasteiger partial charge >= 0.3 is 6.03 Å². The van der Waals surface area contributed by atoms with Crippen molar-refractivity contribution in [3.05, 3.63) is 48.3 Å². The third kappa shape index (κ3) is 4.34. The van der Waals surface area contributed by atoms with Crippen LogP contribution in [0.3, 0.4) is 0 Å². The summed E-state index contributed by atoms with van der Waals surface area (Å²) < 4.78 is 2.09. The summed E-state index contributed by atoms with van der Waals surface area (Å²) in [6.45, 7) is 1.88. The SMILES string of the molecule is NC(=O)NCC(=O)N1CCC[C@@H](c2nccn2Cc2ccccn2)C1. The van der Waals surface area contributed by atoms with Crippen molar-refractivity contribution < 1.29 is 9.59 Å². The number of primary amides is 1. The molecule has 1 fully saturated rings. The first-order valence-corrected chi connectivity index (χ1v) is 8.35. The summed E-state index contributed by atoms with van der Waals surface area (Å²) in [5.41, 5.74) is 6.00. The van der Waals surface area contributed by atoms with Gasteiger partial charge in [-0.25, -0.2) is 9.78 Å². The van der Waals surface area contributed by atoms with Crippen molar-refractivity contribution in [3.63, 3.8) is 0 Å². The zero-order valence-electron chi connectivity index (χ0n) is 14.0. The van der Waals surface area contributed by atoms with Crippen molar-refractivity contribution >= 4 is 11.9 Å². The third-order valence-electron chi connectivity index (χ3n) is 4.36. The number of carbonyl (C=O) groups excluding carboxylic acids is 2. The minimum absolute atomic E-state index is 0.0651. The predicted octanol–water partition coefficient (Wildman–Crippen LogP) is 0.701. The molecular weight excluding hydrogens is 320 g/mol. The van der Waals surface area contributed by atoms with E-state index in [4.69, 9.17) is 5.73 Å². The summed E-state index contributed by atoms with van der Waals surface area (Å²) in [4.78, 5) is 33.6. The van der Waals surface area contributed by atoms with E-state index in [1.165, 1.54) is 0 Å². The summed E-state index contributed by atoms with van der Waals surface area (Å²) in [5.74, 6) is 1.02. The smallest absolute Gasteiger partial charge is 0.312 e. The van der Waals surface area contributed by atoms with Crippen molar-refractivity contribution in [2.75, 3.05) is 19.6 Å². The Balaban J connectivity index is 1.67. The number of amides is 3. The van der Waals surface area contributed by atoms with Gasteiger partial charge in [0.1, 0.15) is 5.82 Å². The van der Waals surface area contributed by atoms with Crippen LogP contribution < -0.4 is 11.1 Å². The number of aromatic nitrogens is 3. The number of nitrogens with two attached hydrogens (primary N) is 1. The van der Waals surface area contributed by atoms with Crippen LogP contribution in [0.25, 0.3) is 0 Å². The van der Waals surface area contributed by atoms with E-state index in [-0.39, 0.29) is 18.4 Å². The molecule has 3 rings (SSSR count). The molecule has 0 saturated carbocycles. The van der Waals surface area contributed by atoms with Crippen LogP contribution in [-0.2, 0) is 11.3 Å².